The molecule has 2 N–H and O–H groups in total. The van der Waals surface area contributed by atoms with Gasteiger partial charge in [0.15, 0.2) is 0 Å². The second kappa shape index (κ2) is 7.18. The number of carbonyl (C=O) groups is 1. The lowest BCUT2D eigenvalue weighted by Gasteiger charge is -2.14. The Labute approximate surface area is 142 Å². The zero-order valence-corrected chi connectivity index (χ0v) is 14.1. The highest BCUT2D eigenvalue weighted by Crippen LogP contribution is 2.17. The summed E-state index contributed by atoms with van der Waals surface area (Å²) in [6.45, 7) is 3.91. The van der Waals surface area contributed by atoms with Gasteiger partial charge in [-0.2, -0.15) is 0 Å². The van der Waals surface area contributed by atoms with Gasteiger partial charge in [0.25, 0.3) is 0 Å². The maximum atomic E-state index is 12.0. The van der Waals surface area contributed by atoms with E-state index in [1.54, 1.807) is 17.1 Å². The number of aromatic nitrogens is 5. The molecule has 1 atom stereocenters. The average molecular weight is 343 g/mol. The highest BCUT2D eigenvalue weighted by atomic mass is 32.1. The molecule has 0 unspecified atom stereocenters. The molecule has 9 heteroatoms. The third-order valence-corrected chi connectivity index (χ3v) is 4.40. The summed E-state index contributed by atoms with van der Waals surface area (Å²) >= 11 is 1.37. The van der Waals surface area contributed by atoms with Gasteiger partial charge in [0.05, 0.1) is 24.1 Å². The second-order valence-corrected chi connectivity index (χ2v) is 6.18. The van der Waals surface area contributed by atoms with Crippen LogP contribution >= 0.6 is 11.3 Å². The average Bonchev–Trinajstić information content (AvgIpc) is 3.26. The first-order valence-corrected chi connectivity index (χ1v) is 8.34. The van der Waals surface area contributed by atoms with E-state index in [1.165, 1.54) is 11.3 Å². The van der Waals surface area contributed by atoms with Gasteiger partial charge in [0, 0.05) is 0 Å². The monoisotopic (exact) mass is 343 g/mol. The highest BCUT2D eigenvalue weighted by molar-refractivity contribution is 7.15. The first-order valence-electron chi connectivity index (χ1n) is 7.52. The van der Waals surface area contributed by atoms with Crippen LogP contribution in [0.15, 0.2) is 36.7 Å². The van der Waals surface area contributed by atoms with Gasteiger partial charge >= 0.3 is 6.03 Å². The summed E-state index contributed by atoms with van der Waals surface area (Å²) in [5.74, 6) is 0. The molecule has 8 nitrogen and oxygen atoms in total. The number of nitrogens with zero attached hydrogens (tertiary/aromatic N) is 5. The number of aryl methyl sites for hydroxylation is 1. The first-order chi connectivity index (χ1) is 11.7. The molecule has 0 radical (unpaired) electrons. The molecule has 0 fully saturated rings. The van der Waals surface area contributed by atoms with Crippen molar-refractivity contribution in [2.24, 2.45) is 0 Å². The normalized spacial score (nSPS) is 11.9. The summed E-state index contributed by atoms with van der Waals surface area (Å²) in [5, 5.41) is 22.6. The smallest absolute Gasteiger partial charge is 0.321 e. The molecule has 0 saturated heterocycles. The van der Waals surface area contributed by atoms with Crippen molar-refractivity contribution in [3.05, 3.63) is 47.2 Å². The van der Waals surface area contributed by atoms with Crippen LogP contribution in [0, 0.1) is 0 Å². The highest BCUT2D eigenvalue weighted by Gasteiger charge is 2.12. The first kappa shape index (κ1) is 16.1. The summed E-state index contributed by atoms with van der Waals surface area (Å²) in [5.41, 5.74) is 1.90. The van der Waals surface area contributed by atoms with Gasteiger partial charge in [-0.25, -0.2) is 9.48 Å². The van der Waals surface area contributed by atoms with E-state index in [0.717, 1.165) is 22.7 Å². The van der Waals surface area contributed by atoms with Gasteiger partial charge in [-0.05, 0) is 31.0 Å². The van der Waals surface area contributed by atoms with Crippen molar-refractivity contribution < 1.29 is 4.79 Å². The molecule has 2 amide bonds. The molecule has 0 aliphatic heterocycles. The Morgan fingerprint density at radius 1 is 1.29 bits per heavy atom. The predicted molar refractivity (Wildman–Crippen MR) is 91.2 cm³/mol. The van der Waals surface area contributed by atoms with Crippen LogP contribution in [-0.4, -0.2) is 31.2 Å². The largest absolute Gasteiger partial charge is 0.331 e. The van der Waals surface area contributed by atoms with Crippen LogP contribution in [-0.2, 0) is 6.42 Å². The van der Waals surface area contributed by atoms with Crippen LogP contribution in [0.2, 0.25) is 0 Å². The number of anilines is 1. The fourth-order valence-electron chi connectivity index (χ4n) is 2.12. The Morgan fingerprint density at radius 2 is 2.08 bits per heavy atom. The van der Waals surface area contributed by atoms with E-state index >= 15 is 0 Å². The summed E-state index contributed by atoms with van der Waals surface area (Å²) in [7, 11) is 0. The lowest BCUT2D eigenvalue weighted by atomic mass is 10.1. The molecule has 0 spiro atoms. The van der Waals surface area contributed by atoms with Crippen LogP contribution < -0.4 is 10.6 Å². The molecule has 1 aromatic carbocycles. The van der Waals surface area contributed by atoms with E-state index in [4.69, 9.17) is 0 Å². The van der Waals surface area contributed by atoms with Crippen molar-refractivity contribution in [2.75, 3.05) is 5.32 Å². The molecule has 0 bridgehead atoms. The van der Waals surface area contributed by atoms with Gasteiger partial charge in [-0.3, -0.25) is 5.32 Å². The third kappa shape index (κ3) is 3.74. The minimum Gasteiger partial charge on any atom is -0.331 e. The number of benzene rings is 1. The summed E-state index contributed by atoms with van der Waals surface area (Å²) < 4.78 is 1.68. The Balaban J connectivity index is 1.59. The number of rotatable bonds is 5. The van der Waals surface area contributed by atoms with Crippen LogP contribution in [0.4, 0.5) is 9.93 Å². The lowest BCUT2D eigenvalue weighted by molar-refractivity contribution is 0.249. The van der Waals surface area contributed by atoms with Crippen molar-refractivity contribution in [3.63, 3.8) is 0 Å². The summed E-state index contributed by atoms with van der Waals surface area (Å²) in [6.07, 6.45) is 4.20. The molecule has 2 aromatic heterocycles. The number of amides is 2. The maximum absolute atomic E-state index is 12.0. The minimum atomic E-state index is -0.304. The van der Waals surface area contributed by atoms with Crippen molar-refractivity contribution in [1.82, 2.24) is 30.5 Å². The SMILES string of the molecule is CCc1nnc(NC(=O)N[C@@H](C)c2ccc(-n3ccnn3)cc2)s1. The number of urea groups is 1. The van der Waals surface area contributed by atoms with E-state index in [-0.39, 0.29) is 12.1 Å². The summed E-state index contributed by atoms with van der Waals surface area (Å²) in [6, 6.07) is 7.30. The third-order valence-electron chi connectivity index (χ3n) is 3.42. The Bertz CT molecular complexity index is 798. The number of nitrogens with one attached hydrogen (secondary N) is 2. The van der Waals surface area contributed by atoms with E-state index < -0.39 is 0 Å². The standard InChI is InChI=1S/C15H17N7OS/c1-3-13-19-20-15(24-13)18-14(23)17-10(2)11-4-6-12(7-5-11)22-9-8-16-21-22/h4-10H,3H2,1-2H3,(H2,17,18,20,23)/t10-/m0/s1. The van der Waals surface area contributed by atoms with Gasteiger partial charge in [-0.15, -0.1) is 15.3 Å². The van der Waals surface area contributed by atoms with Crippen LogP contribution in [0.1, 0.15) is 30.5 Å². The van der Waals surface area contributed by atoms with E-state index in [2.05, 4.69) is 31.1 Å². The molecule has 0 aliphatic carbocycles. The van der Waals surface area contributed by atoms with Crippen LogP contribution in [0.5, 0.6) is 0 Å². The molecular weight excluding hydrogens is 326 g/mol. The molecule has 124 valence electrons. The number of carbonyl (C=O) groups excluding carboxylic acids is 1. The molecule has 2 heterocycles. The van der Waals surface area contributed by atoms with Crippen molar-refractivity contribution >= 4 is 22.5 Å². The second-order valence-electron chi connectivity index (χ2n) is 5.11. The molecule has 3 rings (SSSR count). The van der Waals surface area contributed by atoms with Crippen LogP contribution in [0.25, 0.3) is 5.69 Å². The maximum Gasteiger partial charge on any atom is 0.321 e. The van der Waals surface area contributed by atoms with Crippen LogP contribution in [0.3, 0.4) is 0 Å². The number of hydrogen-bond acceptors (Lipinski definition) is 6. The van der Waals surface area contributed by atoms with Gasteiger partial charge in [0.1, 0.15) is 5.01 Å². The van der Waals surface area contributed by atoms with Crippen molar-refractivity contribution in [1.29, 1.82) is 0 Å². The molecule has 24 heavy (non-hydrogen) atoms. The Hall–Kier alpha value is -2.81. The van der Waals surface area contributed by atoms with E-state index in [0.29, 0.717) is 5.13 Å². The fraction of sp³-hybridized carbons (Fsp3) is 0.267. The van der Waals surface area contributed by atoms with Gasteiger partial charge in [0.2, 0.25) is 5.13 Å². The molecule has 0 saturated carbocycles. The van der Waals surface area contributed by atoms with Gasteiger partial charge in [-0.1, -0.05) is 35.6 Å². The number of hydrogen-bond donors (Lipinski definition) is 2. The van der Waals surface area contributed by atoms with E-state index in [1.807, 2.05) is 38.1 Å². The molecular formula is C15H17N7OS. The predicted octanol–water partition coefficient (Wildman–Crippen LogP) is 2.56. The zero-order valence-electron chi connectivity index (χ0n) is 13.3. The topological polar surface area (TPSA) is 97.6 Å². The Kier molecular flexibility index (Phi) is 4.80. The van der Waals surface area contributed by atoms with E-state index in [9.17, 15) is 4.79 Å². The van der Waals surface area contributed by atoms with Gasteiger partial charge < -0.3 is 5.32 Å². The lowest BCUT2D eigenvalue weighted by Crippen LogP contribution is -2.31. The van der Waals surface area contributed by atoms with Crippen molar-refractivity contribution in [2.45, 2.75) is 26.3 Å². The molecule has 3 aromatic rings. The van der Waals surface area contributed by atoms with Crippen molar-refractivity contribution in [3.8, 4) is 5.69 Å². The Morgan fingerprint density at radius 3 is 2.71 bits per heavy atom. The quantitative estimate of drug-likeness (QED) is 0.742. The fourth-order valence-corrected chi connectivity index (χ4v) is 2.80. The zero-order chi connectivity index (χ0) is 16.9. The molecule has 0 aliphatic rings. The minimum absolute atomic E-state index is 0.145. The summed E-state index contributed by atoms with van der Waals surface area (Å²) in [4.78, 5) is 12.0.